The summed E-state index contributed by atoms with van der Waals surface area (Å²) >= 11 is 3.85. The number of carbonyl (C=O) groups is 4. The number of carbonyl (C=O) groups excluding carboxylic acids is 4. The van der Waals surface area contributed by atoms with Gasteiger partial charge < -0.3 is 24.4 Å². The third-order valence-corrected chi connectivity index (χ3v) is 23.7. The maximum absolute atomic E-state index is 15.6. The number of ether oxygens (including phenoxy) is 3. The monoisotopic (exact) mass is 1640 g/mol. The fourth-order valence-corrected chi connectivity index (χ4v) is 15.5. The maximum Gasteiger partial charge on any atom is 0.474 e. The highest BCUT2D eigenvalue weighted by molar-refractivity contribution is 8.14. The van der Waals surface area contributed by atoms with Crippen molar-refractivity contribution in [3.63, 3.8) is 0 Å². The average molecular weight is 1640 g/mol. The highest BCUT2D eigenvalue weighted by Gasteiger charge is 2.59. The first kappa shape index (κ1) is 93.2. The molecule has 3 aliphatic heterocycles. The number of nitrogens with zero attached hydrogens (tertiary/aromatic N) is 12. The van der Waals surface area contributed by atoms with Gasteiger partial charge in [0.1, 0.15) is 22.9 Å². The Hall–Kier alpha value is -6.14. The Morgan fingerprint density at radius 3 is 1.05 bits per heavy atom. The molecule has 3 saturated heterocycles. The van der Waals surface area contributed by atoms with Crippen LogP contribution < -0.4 is 33.7 Å². The SMILES string of the molecule is CC(C)(C)C(=O)SCCOP(=O)(OCCSC(=O)C(C)(C)C)OC[C@@]1(CN=[N+]=[N-])O[C@@H](n2ccc(=O)[nH]c2=O)[C@H](F)[C@@H]1O.C[C@H]1[C@@H](F)[C@H](n2ccc(=O)[nH]c2=O)O[C@@]1(CO)CN=[N+]=[N-].C[C@H]1[C@@H](F)[C@H](n2ccc(=O)[nH]c2=O)O[C@]1(CN=[N+]=[N-])COP(=O)(OCCSC(=O)C(C)(C)C)OCCSC(=O)C(C)(C)C. The number of H-pyrrole nitrogens is 3. The van der Waals surface area contributed by atoms with Crippen molar-refractivity contribution in [3.05, 3.63) is 131 Å². The zero-order chi connectivity index (χ0) is 80.9. The van der Waals surface area contributed by atoms with Crippen molar-refractivity contribution in [1.29, 1.82) is 0 Å². The number of azide groups is 3. The van der Waals surface area contributed by atoms with E-state index in [1.54, 1.807) is 83.1 Å². The third-order valence-electron chi connectivity index (χ3n) is 15.8. The molecule has 3 aliphatic rings. The summed E-state index contributed by atoms with van der Waals surface area (Å²) in [6.07, 6.45) is -9.26. The number of aromatic nitrogens is 6. The Morgan fingerprint density at radius 2 is 0.757 bits per heavy atom. The van der Waals surface area contributed by atoms with Gasteiger partial charge in [0.05, 0.1) is 65.9 Å². The quantitative estimate of drug-likeness (QED) is 0.0128. The molecule has 0 radical (unpaired) electrons. The summed E-state index contributed by atoms with van der Waals surface area (Å²) in [6.45, 7) is 19.4. The Balaban J connectivity index is 0.000000359. The first-order chi connectivity index (χ1) is 49.6. The molecule has 598 valence electrons. The van der Waals surface area contributed by atoms with Gasteiger partial charge in [-0.2, -0.15) is 0 Å². The molecule has 3 aromatic heterocycles. The lowest BCUT2D eigenvalue weighted by atomic mass is 9.88. The van der Waals surface area contributed by atoms with Crippen molar-refractivity contribution in [2.75, 3.05) is 88.9 Å². The summed E-state index contributed by atoms with van der Waals surface area (Å²) in [5.41, 5.74) is 13.7. The van der Waals surface area contributed by atoms with Crippen LogP contribution in [0.5, 0.6) is 0 Å². The van der Waals surface area contributed by atoms with Crippen molar-refractivity contribution < 1.29 is 93.0 Å². The normalized spacial score (nSPS) is 24.5. The number of alkyl halides is 3. The Bertz CT molecular complexity index is 3930. The van der Waals surface area contributed by atoms with Crippen LogP contribution in [0.1, 0.15) is 116 Å². The zero-order valence-corrected chi connectivity index (χ0v) is 66.1. The highest BCUT2D eigenvalue weighted by atomic mass is 32.2. The number of phosphoric ester groups is 2. The average Bonchev–Trinajstić information content (AvgIpc) is 1.63. The maximum atomic E-state index is 15.6. The molecule has 0 unspecified atom stereocenters. The topological polar surface area (TPSA) is 537 Å². The number of aliphatic hydroxyl groups excluding tert-OH is 2. The molecule has 0 saturated carbocycles. The van der Waals surface area contributed by atoms with Gasteiger partial charge in [-0.05, 0) is 16.6 Å². The molecule has 6 heterocycles. The Labute approximate surface area is 627 Å². The summed E-state index contributed by atoms with van der Waals surface area (Å²) in [4.78, 5) is 133. The van der Waals surface area contributed by atoms with Gasteiger partial charge >= 0.3 is 32.7 Å². The molecule has 0 aliphatic carbocycles. The van der Waals surface area contributed by atoms with Crippen LogP contribution in [0.25, 0.3) is 31.3 Å². The number of hydrogen-bond donors (Lipinski definition) is 5. The second-order valence-corrected chi connectivity index (χ2v) is 35.9. The fourth-order valence-electron chi connectivity index (χ4n) is 9.39. The highest BCUT2D eigenvalue weighted by Crippen LogP contribution is 2.54. The summed E-state index contributed by atoms with van der Waals surface area (Å²) in [5, 5.41) is 30.0. The second kappa shape index (κ2) is 40.2. The van der Waals surface area contributed by atoms with Crippen LogP contribution in [0.2, 0.25) is 0 Å². The van der Waals surface area contributed by atoms with E-state index in [4.69, 9.17) is 57.9 Å². The van der Waals surface area contributed by atoms with Crippen molar-refractivity contribution in [2.24, 2.45) is 48.8 Å². The van der Waals surface area contributed by atoms with Gasteiger partial charge in [0.2, 0.25) is 0 Å². The van der Waals surface area contributed by atoms with Gasteiger partial charge in [-0.25, -0.2) is 36.7 Å². The van der Waals surface area contributed by atoms with Crippen LogP contribution in [0.4, 0.5) is 13.2 Å². The van der Waals surface area contributed by atoms with E-state index in [1.807, 2.05) is 15.0 Å². The lowest BCUT2D eigenvalue weighted by Gasteiger charge is -2.32. The minimum atomic E-state index is -4.52. The molecule has 107 heavy (non-hydrogen) atoms. The molecule has 0 amide bonds. The van der Waals surface area contributed by atoms with Gasteiger partial charge in [0.25, 0.3) is 16.7 Å². The smallest absolute Gasteiger partial charge is 0.393 e. The van der Waals surface area contributed by atoms with Crippen LogP contribution in [0, 0.1) is 33.5 Å². The summed E-state index contributed by atoms with van der Waals surface area (Å²) < 4.78 is 125. The molecule has 3 fully saturated rings. The van der Waals surface area contributed by atoms with Gasteiger partial charge in [-0.3, -0.25) is 89.4 Å². The standard InChI is InChI=1S/C25H39FN5O9PS2.C24H37FN5O10PS2.C11H14FN5O4/c1-16-18(26)19(31-9-8-17(32)29-22(31)35)40-25(16,14-28-30-27)15-39-41(36,37-10-12-42-20(33)23(2,3)4)38-11-13-43-21(34)24(5,6)7;1-22(2,3)19(33)42-11-9-37-41(36,38-10-12-43-20(34)23(4,5)6)39-14-24(13-27-29-26)17(32)16(25)18(40-24)30-8-7-15(31)28-21(30)35;1-6-8(12)9(17-3-2-7(19)15-10(17)20)21-11(6,5-18)4-14-16-13/h8-9,16,18-19H,10-15H2,1-7H3,(H,29,32,35);7-8,16-18,32H,9-14H2,1-6H3,(H,28,31,35);2-3,6,8-9,18H,4-5H2,1H3,(H,15,19,20)/t16-,18+,19+,25+;16-,17+,18-,24-;6-,8+,9+,11+/m010/s1. The molecule has 47 heteroatoms. The van der Waals surface area contributed by atoms with E-state index in [2.05, 4.69) is 30.1 Å². The number of nitrogens with one attached hydrogen (secondary N) is 3. The van der Waals surface area contributed by atoms with Gasteiger partial charge in [0, 0.05) is 108 Å². The number of rotatable bonds is 32. The predicted octanol–water partition coefficient (Wildman–Crippen LogP) is 8.52. The second-order valence-electron chi connectivity index (χ2n) is 28.3. The van der Waals surface area contributed by atoms with Crippen molar-refractivity contribution >= 4 is 83.2 Å². The van der Waals surface area contributed by atoms with E-state index in [9.17, 15) is 71.7 Å². The molecule has 6 rings (SSSR count). The number of phosphoric acid groups is 2. The van der Waals surface area contributed by atoms with Crippen LogP contribution >= 0.6 is 62.7 Å². The first-order valence-corrected chi connectivity index (χ1v) is 39.5. The molecular formula is C60H90F3N15O23P2S4. The van der Waals surface area contributed by atoms with Gasteiger partial charge in [-0.1, -0.05) is 159 Å². The third kappa shape index (κ3) is 26.5. The molecular weight excluding hydrogens is 1550 g/mol. The fraction of sp³-hybridized carbons (Fsp3) is 0.733. The van der Waals surface area contributed by atoms with E-state index in [0.717, 1.165) is 93.0 Å². The summed E-state index contributed by atoms with van der Waals surface area (Å²) in [6, 6.07) is 3.02. The Kier molecular flexibility index (Phi) is 35.0. The van der Waals surface area contributed by atoms with Crippen LogP contribution in [0.15, 0.2) is 80.9 Å². The van der Waals surface area contributed by atoms with E-state index < -0.39 is 176 Å². The number of thioether (sulfide) groups is 4. The van der Waals surface area contributed by atoms with Crippen molar-refractivity contribution in [1.82, 2.24) is 28.7 Å². The molecule has 0 spiro atoms. The zero-order valence-electron chi connectivity index (χ0n) is 61.1. The number of aliphatic hydroxyl groups is 2. The minimum absolute atomic E-state index is 0.0802. The minimum Gasteiger partial charge on any atom is -0.393 e. The molecule has 38 nitrogen and oxygen atoms in total. The van der Waals surface area contributed by atoms with Gasteiger partial charge in [0.15, 0.2) is 57.7 Å². The van der Waals surface area contributed by atoms with Crippen molar-refractivity contribution in [3.8, 4) is 0 Å². The molecule has 3 aromatic rings. The molecule has 5 N–H and O–H groups in total. The van der Waals surface area contributed by atoms with Crippen molar-refractivity contribution in [2.45, 2.75) is 157 Å². The predicted molar refractivity (Wildman–Crippen MR) is 389 cm³/mol. The van der Waals surface area contributed by atoms with E-state index in [1.165, 1.54) is 13.8 Å². The summed E-state index contributed by atoms with van der Waals surface area (Å²) in [5.74, 6) is -1.45. The lowest BCUT2D eigenvalue weighted by Crippen LogP contribution is -2.48. The molecule has 0 bridgehead atoms. The van der Waals surface area contributed by atoms with Crippen LogP contribution in [-0.2, 0) is 69.7 Å². The number of aromatic amines is 3. The number of halogens is 3. The number of hydrogen-bond acceptors (Lipinski definition) is 30. The first-order valence-electron chi connectivity index (χ1n) is 32.6. The van der Waals surface area contributed by atoms with E-state index in [0.29, 0.717) is 4.57 Å². The van der Waals surface area contributed by atoms with Crippen LogP contribution in [-0.4, -0.2) is 190 Å². The molecule has 12 atom stereocenters. The van der Waals surface area contributed by atoms with Gasteiger partial charge in [-0.15, -0.1) is 0 Å². The van der Waals surface area contributed by atoms with E-state index >= 15 is 8.78 Å². The summed E-state index contributed by atoms with van der Waals surface area (Å²) in [7, 11) is -8.92. The largest absolute Gasteiger partial charge is 0.474 e. The van der Waals surface area contributed by atoms with Crippen LogP contribution in [0.3, 0.4) is 0 Å². The Morgan fingerprint density at radius 1 is 0.495 bits per heavy atom. The molecule has 0 aromatic carbocycles. The lowest BCUT2D eigenvalue weighted by molar-refractivity contribution is -0.122. The van der Waals surface area contributed by atoms with E-state index in [-0.39, 0.29) is 76.4 Å².